The summed E-state index contributed by atoms with van der Waals surface area (Å²) in [6.45, 7) is 5.17. The topological polar surface area (TPSA) is 40.5 Å². The minimum Gasteiger partial charge on any atom is -0.478 e. The van der Waals surface area contributed by atoms with Crippen molar-refractivity contribution in [1.82, 2.24) is 4.90 Å². The number of carboxylic acids is 1. The van der Waals surface area contributed by atoms with E-state index >= 15 is 0 Å². The van der Waals surface area contributed by atoms with Crippen LogP contribution in [0.15, 0.2) is 23.9 Å². The number of rotatable bonds is 4. The first-order valence-corrected chi connectivity index (χ1v) is 3.72. The van der Waals surface area contributed by atoms with Crippen LogP contribution in [0.25, 0.3) is 0 Å². The summed E-state index contributed by atoms with van der Waals surface area (Å²) in [7, 11) is 3.65. The highest BCUT2D eigenvalue weighted by Crippen LogP contribution is 2.11. The SMILES string of the molecule is C=CCC(=C(C)C(=O)O)N(C)C. The minimum absolute atomic E-state index is 0.375. The number of allylic oxidation sites excluding steroid dienone is 1. The lowest BCUT2D eigenvalue weighted by molar-refractivity contribution is -0.132. The van der Waals surface area contributed by atoms with E-state index in [0.29, 0.717) is 12.0 Å². The monoisotopic (exact) mass is 169 g/mol. The molecule has 0 atom stereocenters. The van der Waals surface area contributed by atoms with Crippen LogP contribution in [-0.2, 0) is 4.79 Å². The number of hydrogen-bond acceptors (Lipinski definition) is 2. The van der Waals surface area contributed by atoms with Crippen molar-refractivity contribution in [1.29, 1.82) is 0 Å². The Morgan fingerprint density at radius 2 is 2.08 bits per heavy atom. The number of carboxylic acid groups (broad SMARTS) is 1. The fourth-order valence-corrected chi connectivity index (χ4v) is 0.931. The van der Waals surface area contributed by atoms with E-state index in [0.717, 1.165) is 5.70 Å². The molecule has 0 saturated carbocycles. The Bertz CT molecular complexity index is 217. The van der Waals surface area contributed by atoms with Gasteiger partial charge in [0.2, 0.25) is 0 Å². The van der Waals surface area contributed by atoms with Crippen LogP contribution in [-0.4, -0.2) is 30.1 Å². The minimum atomic E-state index is -0.874. The molecule has 0 radical (unpaired) electrons. The standard InChI is InChI=1S/C9H15NO2/c1-5-6-8(10(3)4)7(2)9(11)12/h5H,1,6H2,2-4H3,(H,11,12). The summed E-state index contributed by atoms with van der Waals surface area (Å²) < 4.78 is 0. The highest BCUT2D eigenvalue weighted by atomic mass is 16.4. The number of aliphatic carboxylic acids is 1. The molecule has 0 bridgehead atoms. The van der Waals surface area contributed by atoms with Gasteiger partial charge in [-0.3, -0.25) is 0 Å². The van der Waals surface area contributed by atoms with E-state index in [1.165, 1.54) is 0 Å². The second-order valence-corrected chi connectivity index (χ2v) is 2.76. The lowest BCUT2D eigenvalue weighted by atomic mass is 10.1. The maximum atomic E-state index is 10.6. The first-order valence-electron chi connectivity index (χ1n) is 3.72. The van der Waals surface area contributed by atoms with Crippen molar-refractivity contribution >= 4 is 5.97 Å². The summed E-state index contributed by atoms with van der Waals surface area (Å²) in [6.07, 6.45) is 2.28. The molecule has 3 nitrogen and oxygen atoms in total. The molecule has 0 aliphatic rings. The summed E-state index contributed by atoms with van der Waals surface area (Å²) in [5.74, 6) is -0.874. The number of carbonyl (C=O) groups is 1. The van der Waals surface area contributed by atoms with E-state index in [1.54, 1.807) is 17.9 Å². The Morgan fingerprint density at radius 3 is 2.33 bits per heavy atom. The fraction of sp³-hybridized carbons (Fsp3) is 0.444. The van der Waals surface area contributed by atoms with Crippen molar-refractivity contribution < 1.29 is 9.90 Å². The van der Waals surface area contributed by atoms with Crippen LogP contribution >= 0.6 is 0 Å². The van der Waals surface area contributed by atoms with E-state index in [1.807, 2.05) is 14.1 Å². The van der Waals surface area contributed by atoms with Crippen molar-refractivity contribution in [3.05, 3.63) is 23.9 Å². The summed E-state index contributed by atoms with van der Waals surface area (Å²) >= 11 is 0. The molecule has 0 saturated heterocycles. The molecule has 0 fully saturated rings. The molecule has 68 valence electrons. The molecule has 3 heteroatoms. The zero-order chi connectivity index (χ0) is 9.72. The smallest absolute Gasteiger partial charge is 0.333 e. The van der Waals surface area contributed by atoms with Gasteiger partial charge in [0, 0.05) is 26.2 Å². The van der Waals surface area contributed by atoms with Crippen molar-refractivity contribution in [2.45, 2.75) is 13.3 Å². The van der Waals surface area contributed by atoms with Crippen LogP contribution in [0.3, 0.4) is 0 Å². The first kappa shape index (κ1) is 10.8. The third-order valence-electron chi connectivity index (χ3n) is 1.63. The first-order chi connectivity index (χ1) is 5.50. The summed E-state index contributed by atoms with van der Waals surface area (Å²) in [5.41, 5.74) is 1.16. The molecule has 0 rings (SSSR count). The largest absolute Gasteiger partial charge is 0.478 e. The molecular formula is C9H15NO2. The van der Waals surface area contributed by atoms with Crippen LogP contribution in [0, 0.1) is 0 Å². The van der Waals surface area contributed by atoms with Crippen molar-refractivity contribution in [3.8, 4) is 0 Å². The summed E-state index contributed by atoms with van der Waals surface area (Å²) in [6, 6.07) is 0. The van der Waals surface area contributed by atoms with Crippen molar-refractivity contribution in [2.75, 3.05) is 14.1 Å². The van der Waals surface area contributed by atoms with Gasteiger partial charge in [0.1, 0.15) is 0 Å². The predicted molar refractivity (Wildman–Crippen MR) is 48.8 cm³/mol. The average Bonchev–Trinajstić information content (AvgIpc) is 1.98. The lowest BCUT2D eigenvalue weighted by Crippen LogP contribution is -2.15. The highest BCUT2D eigenvalue weighted by molar-refractivity contribution is 5.86. The Labute approximate surface area is 73.0 Å². The van der Waals surface area contributed by atoms with Gasteiger partial charge < -0.3 is 10.0 Å². The normalized spacial score (nSPS) is 11.9. The molecule has 0 aliphatic heterocycles. The van der Waals surface area contributed by atoms with Crippen molar-refractivity contribution in [3.63, 3.8) is 0 Å². The Hall–Kier alpha value is -1.25. The van der Waals surface area contributed by atoms with Gasteiger partial charge >= 0.3 is 5.97 Å². The molecule has 0 aromatic rings. The molecular weight excluding hydrogens is 154 g/mol. The zero-order valence-corrected chi connectivity index (χ0v) is 7.79. The number of hydrogen-bond donors (Lipinski definition) is 1. The maximum Gasteiger partial charge on any atom is 0.333 e. The zero-order valence-electron chi connectivity index (χ0n) is 7.79. The summed E-state index contributed by atoms with van der Waals surface area (Å²) in [5, 5.41) is 8.71. The van der Waals surface area contributed by atoms with E-state index < -0.39 is 5.97 Å². The van der Waals surface area contributed by atoms with Gasteiger partial charge in [-0.25, -0.2) is 4.79 Å². The van der Waals surface area contributed by atoms with Gasteiger partial charge in [-0.1, -0.05) is 6.08 Å². The third-order valence-corrected chi connectivity index (χ3v) is 1.63. The maximum absolute atomic E-state index is 10.6. The van der Waals surface area contributed by atoms with Gasteiger partial charge in [0.15, 0.2) is 0 Å². The molecule has 0 unspecified atom stereocenters. The van der Waals surface area contributed by atoms with Crippen LogP contribution < -0.4 is 0 Å². The van der Waals surface area contributed by atoms with E-state index in [2.05, 4.69) is 6.58 Å². The van der Waals surface area contributed by atoms with Gasteiger partial charge in [-0.2, -0.15) is 0 Å². The lowest BCUT2D eigenvalue weighted by Gasteiger charge is -2.17. The van der Waals surface area contributed by atoms with E-state index in [9.17, 15) is 4.79 Å². The van der Waals surface area contributed by atoms with Crippen LogP contribution in [0.1, 0.15) is 13.3 Å². The second-order valence-electron chi connectivity index (χ2n) is 2.76. The van der Waals surface area contributed by atoms with Gasteiger partial charge in [-0.15, -0.1) is 6.58 Å². The number of nitrogens with zero attached hydrogens (tertiary/aromatic N) is 1. The average molecular weight is 169 g/mol. The summed E-state index contributed by atoms with van der Waals surface area (Å²) in [4.78, 5) is 12.4. The van der Waals surface area contributed by atoms with Gasteiger partial charge in [0.25, 0.3) is 0 Å². The molecule has 1 N–H and O–H groups in total. The van der Waals surface area contributed by atoms with Crippen LogP contribution in [0.2, 0.25) is 0 Å². The van der Waals surface area contributed by atoms with E-state index in [-0.39, 0.29) is 0 Å². The Balaban J connectivity index is 4.79. The fourth-order valence-electron chi connectivity index (χ4n) is 0.931. The van der Waals surface area contributed by atoms with Crippen LogP contribution in [0.5, 0.6) is 0 Å². The van der Waals surface area contributed by atoms with Gasteiger partial charge in [-0.05, 0) is 6.92 Å². The van der Waals surface area contributed by atoms with Gasteiger partial charge in [0.05, 0.1) is 5.57 Å². The Morgan fingerprint density at radius 1 is 1.58 bits per heavy atom. The van der Waals surface area contributed by atoms with Crippen molar-refractivity contribution in [2.24, 2.45) is 0 Å². The Kier molecular flexibility index (Phi) is 4.11. The molecule has 0 spiro atoms. The van der Waals surface area contributed by atoms with E-state index in [4.69, 9.17) is 5.11 Å². The second kappa shape index (κ2) is 4.59. The molecule has 0 heterocycles. The molecule has 0 aromatic heterocycles. The molecule has 0 aromatic carbocycles. The molecule has 0 aliphatic carbocycles. The predicted octanol–water partition coefficient (Wildman–Crippen LogP) is 1.48. The third kappa shape index (κ3) is 2.78. The van der Waals surface area contributed by atoms with Crippen LogP contribution in [0.4, 0.5) is 0 Å². The molecule has 0 amide bonds. The quantitative estimate of drug-likeness (QED) is 0.512. The highest BCUT2D eigenvalue weighted by Gasteiger charge is 2.09. The molecule has 12 heavy (non-hydrogen) atoms.